The summed E-state index contributed by atoms with van der Waals surface area (Å²) in [5, 5.41) is 5.40. The van der Waals surface area contributed by atoms with Gasteiger partial charge in [-0.15, -0.1) is 11.3 Å². The lowest BCUT2D eigenvalue weighted by atomic mass is 9.89. The molecule has 2 aromatic rings. The van der Waals surface area contributed by atoms with Crippen molar-refractivity contribution in [1.82, 2.24) is 9.88 Å². The summed E-state index contributed by atoms with van der Waals surface area (Å²) in [6, 6.07) is 2.86. The number of thiazole rings is 1. The van der Waals surface area contributed by atoms with Crippen molar-refractivity contribution in [3.8, 4) is 0 Å². The Labute approximate surface area is 185 Å². The van der Waals surface area contributed by atoms with Gasteiger partial charge in [0.05, 0.1) is 10.7 Å². The minimum atomic E-state index is -4.11. The van der Waals surface area contributed by atoms with Gasteiger partial charge in [0.15, 0.2) is 5.13 Å². The summed E-state index contributed by atoms with van der Waals surface area (Å²) < 4.78 is 42.2. The second kappa shape index (κ2) is 8.98. The van der Waals surface area contributed by atoms with E-state index in [1.165, 1.54) is 37.6 Å². The molecule has 2 aliphatic carbocycles. The zero-order chi connectivity index (χ0) is 21.3. The molecule has 0 amide bonds. The van der Waals surface area contributed by atoms with Gasteiger partial charge in [0.2, 0.25) is 0 Å². The molecule has 30 heavy (non-hydrogen) atoms. The highest BCUT2D eigenvalue weighted by molar-refractivity contribution is 7.93. The van der Waals surface area contributed by atoms with E-state index in [-0.39, 0.29) is 16.2 Å². The molecular weight excluding hydrogens is 447 g/mol. The topological polar surface area (TPSA) is 74.3 Å². The molecule has 2 N–H and O–H groups in total. The van der Waals surface area contributed by atoms with Crippen LogP contribution < -0.4 is 10.0 Å². The van der Waals surface area contributed by atoms with Crippen LogP contribution in [-0.4, -0.2) is 44.0 Å². The van der Waals surface area contributed by atoms with Crippen LogP contribution in [0.25, 0.3) is 0 Å². The maximum absolute atomic E-state index is 14.8. The molecule has 1 unspecified atom stereocenters. The standard InChI is InChI=1S/C20H26ClFN4O2S2/c1-26(12-13-6-7-13)18-5-3-2-4-16(18)24-17-11-15(22)19(10-14(17)21)30(27,28)25-20-23-8-9-29-20/h8-11,13,16,18,24H,2-7,12H2,1H3,(H,23,25)/t16?,18-/m0/s1. The Hall–Kier alpha value is -1.42. The van der Waals surface area contributed by atoms with Gasteiger partial charge in [-0.05, 0) is 50.8 Å². The number of nitrogens with one attached hydrogen (secondary N) is 2. The van der Waals surface area contributed by atoms with Crippen LogP contribution >= 0.6 is 22.9 Å². The first-order valence-electron chi connectivity index (χ1n) is 10.2. The Balaban J connectivity index is 1.52. The molecule has 2 saturated carbocycles. The van der Waals surface area contributed by atoms with Gasteiger partial charge < -0.3 is 10.2 Å². The van der Waals surface area contributed by atoms with Crippen molar-refractivity contribution in [2.75, 3.05) is 23.6 Å². The van der Waals surface area contributed by atoms with E-state index in [0.717, 1.165) is 43.1 Å². The summed E-state index contributed by atoms with van der Waals surface area (Å²) in [7, 11) is -1.96. The van der Waals surface area contributed by atoms with E-state index in [2.05, 4.69) is 27.0 Å². The quantitative estimate of drug-likeness (QED) is 0.577. The lowest BCUT2D eigenvalue weighted by Gasteiger charge is -2.39. The maximum Gasteiger partial charge on any atom is 0.266 e. The number of sulfonamides is 1. The number of nitrogens with zero attached hydrogens (tertiary/aromatic N) is 2. The van der Waals surface area contributed by atoms with E-state index >= 15 is 0 Å². The fourth-order valence-electron chi connectivity index (χ4n) is 4.14. The third-order valence-corrected chi connectivity index (χ3v) is 8.33. The largest absolute Gasteiger partial charge is 0.379 e. The van der Waals surface area contributed by atoms with E-state index in [0.29, 0.717) is 11.7 Å². The minimum absolute atomic E-state index is 0.148. The molecule has 10 heteroatoms. The minimum Gasteiger partial charge on any atom is -0.379 e. The van der Waals surface area contributed by atoms with Gasteiger partial charge in [-0.3, -0.25) is 4.72 Å². The molecule has 1 aromatic heterocycles. The molecule has 4 rings (SSSR count). The molecule has 2 fully saturated rings. The zero-order valence-corrected chi connectivity index (χ0v) is 19.2. The third kappa shape index (κ3) is 5.07. The molecule has 0 saturated heterocycles. The highest BCUT2D eigenvalue weighted by atomic mass is 35.5. The Morgan fingerprint density at radius 1 is 1.27 bits per heavy atom. The summed E-state index contributed by atoms with van der Waals surface area (Å²) in [6.45, 7) is 1.09. The van der Waals surface area contributed by atoms with Gasteiger partial charge in [0.1, 0.15) is 10.7 Å². The zero-order valence-electron chi connectivity index (χ0n) is 16.8. The smallest absolute Gasteiger partial charge is 0.266 e. The van der Waals surface area contributed by atoms with Crippen molar-refractivity contribution in [1.29, 1.82) is 0 Å². The second-order valence-corrected chi connectivity index (χ2v) is 11.1. The number of halogens is 2. The molecule has 6 nitrogen and oxygen atoms in total. The Bertz CT molecular complexity index is 983. The average molecular weight is 473 g/mol. The average Bonchev–Trinajstić information content (AvgIpc) is 3.37. The molecule has 0 radical (unpaired) electrons. The lowest BCUT2D eigenvalue weighted by molar-refractivity contribution is 0.171. The first-order valence-corrected chi connectivity index (χ1v) is 13.0. The van der Waals surface area contributed by atoms with Crippen LogP contribution in [0, 0.1) is 11.7 Å². The molecule has 1 heterocycles. The Morgan fingerprint density at radius 2 is 2.03 bits per heavy atom. The van der Waals surface area contributed by atoms with Crippen molar-refractivity contribution in [3.05, 3.63) is 34.5 Å². The highest BCUT2D eigenvalue weighted by Crippen LogP contribution is 2.35. The van der Waals surface area contributed by atoms with Crippen LogP contribution in [0.5, 0.6) is 0 Å². The van der Waals surface area contributed by atoms with Gasteiger partial charge in [0, 0.05) is 30.2 Å². The first-order chi connectivity index (χ1) is 14.3. The summed E-state index contributed by atoms with van der Waals surface area (Å²) in [4.78, 5) is 5.80. The van der Waals surface area contributed by atoms with Crippen LogP contribution in [0.15, 0.2) is 28.6 Å². The van der Waals surface area contributed by atoms with E-state index in [4.69, 9.17) is 11.6 Å². The number of rotatable bonds is 8. The third-order valence-electron chi connectivity index (χ3n) is 5.84. The Morgan fingerprint density at radius 3 is 2.73 bits per heavy atom. The van der Waals surface area contributed by atoms with Crippen LogP contribution in [0.3, 0.4) is 0 Å². The van der Waals surface area contributed by atoms with Crippen LogP contribution in [0.1, 0.15) is 38.5 Å². The molecule has 0 aliphatic heterocycles. The lowest BCUT2D eigenvalue weighted by Crippen LogP contribution is -2.47. The van der Waals surface area contributed by atoms with Crippen LogP contribution in [0.2, 0.25) is 5.02 Å². The normalized spacial score (nSPS) is 22.3. The molecule has 2 atom stereocenters. The molecule has 164 valence electrons. The van der Waals surface area contributed by atoms with Crippen LogP contribution in [0.4, 0.5) is 15.2 Å². The van der Waals surface area contributed by atoms with Crippen molar-refractivity contribution in [2.45, 2.75) is 55.5 Å². The molecular formula is C20H26ClFN4O2S2. The number of anilines is 2. The molecule has 0 bridgehead atoms. The van der Waals surface area contributed by atoms with Crippen molar-refractivity contribution in [2.24, 2.45) is 5.92 Å². The molecule has 2 aliphatic rings. The SMILES string of the molecule is CN(CC1CC1)[C@H]1CCCCC1Nc1cc(F)c(S(=O)(=O)Nc2nccs2)cc1Cl. The summed E-state index contributed by atoms with van der Waals surface area (Å²) in [5.74, 6) is -0.0434. The first kappa shape index (κ1) is 21.8. The van der Waals surface area contributed by atoms with Gasteiger partial charge >= 0.3 is 0 Å². The van der Waals surface area contributed by atoms with E-state index in [9.17, 15) is 12.8 Å². The predicted molar refractivity (Wildman–Crippen MR) is 119 cm³/mol. The molecule has 1 aromatic carbocycles. The fourth-order valence-corrected chi connectivity index (χ4v) is 6.30. The summed E-state index contributed by atoms with van der Waals surface area (Å²) >= 11 is 7.50. The van der Waals surface area contributed by atoms with E-state index in [1.807, 2.05) is 0 Å². The van der Waals surface area contributed by atoms with Gasteiger partial charge in [0.25, 0.3) is 10.0 Å². The highest BCUT2D eigenvalue weighted by Gasteiger charge is 2.32. The van der Waals surface area contributed by atoms with Gasteiger partial charge in [-0.2, -0.15) is 0 Å². The van der Waals surface area contributed by atoms with Crippen molar-refractivity contribution >= 4 is 43.8 Å². The summed E-state index contributed by atoms with van der Waals surface area (Å²) in [6.07, 6.45) is 8.43. The number of likely N-dealkylation sites (N-methyl/N-ethyl adjacent to an activating group) is 1. The van der Waals surface area contributed by atoms with E-state index in [1.54, 1.807) is 5.38 Å². The maximum atomic E-state index is 14.8. The van der Waals surface area contributed by atoms with E-state index < -0.39 is 20.7 Å². The van der Waals surface area contributed by atoms with Gasteiger partial charge in [-0.25, -0.2) is 17.8 Å². The summed E-state index contributed by atoms with van der Waals surface area (Å²) in [5.41, 5.74) is 0.430. The van der Waals surface area contributed by atoms with Gasteiger partial charge in [-0.1, -0.05) is 24.4 Å². The second-order valence-electron chi connectivity index (χ2n) is 8.19. The van der Waals surface area contributed by atoms with Crippen molar-refractivity contribution < 1.29 is 12.8 Å². The number of benzene rings is 1. The monoisotopic (exact) mass is 472 g/mol. The van der Waals surface area contributed by atoms with Crippen molar-refractivity contribution in [3.63, 3.8) is 0 Å². The fraction of sp³-hybridized carbons (Fsp3) is 0.550. The van der Waals surface area contributed by atoms with Crippen LogP contribution in [-0.2, 0) is 10.0 Å². The predicted octanol–water partition coefficient (Wildman–Crippen LogP) is 4.80. The number of hydrogen-bond acceptors (Lipinski definition) is 6. The number of aromatic nitrogens is 1. The molecule has 0 spiro atoms. The Kier molecular flexibility index (Phi) is 6.53. The number of hydrogen-bond donors (Lipinski definition) is 2.